The van der Waals surface area contributed by atoms with Crippen LogP contribution in [-0.2, 0) is 10.8 Å². The molecule has 9 aromatic rings. The minimum atomic E-state index is -0.582. The van der Waals surface area contributed by atoms with Crippen molar-refractivity contribution >= 4 is 38.9 Å². The quantitative estimate of drug-likeness (QED) is 0.178. The Morgan fingerprint density at radius 1 is 0.370 bits per heavy atom. The van der Waals surface area contributed by atoms with Crippen LogP contribution in [0.5, 0.6) is 0 Å². The SMILES string of the molecule is CC1(C)c2ccccc2-c2ccc(N3c4ccccc4C(c4ccccc4)(c4ccc5c(c4)c4ccccc4n5-c4ccccc4)c4ccccc43)cc21. The lowest BCUT2D eigenvalue weighted by atomic mass is 9.62. The normalized spacial score (nSPS) is 14.7. The molecule has 8 aromatic carbocycles. The van der Waals surface area contributed by atoms with E-state index in [1.807, 2.05) is 0 Å². The van der Waals surface area contributed by atoms with Crippen molar-refractivity contribution in [1.82, 2.24) is 4.57 Å². The Balaban J connectivity index is 1.20. The van der Waals surface area contributed by atoms with Gasteiger partial charge in [0, 0.05) is 27.6 Å². The van der Waals surface area contributed by atoms with Crippen LogP contribution in [0.25, 0.3) is 38.6 Å². The smallest absolute Gasteiger partial charge is 0.0742 e. The van der Waals surface area contributed by atoms with Crippen molar-refractivity contribution in [3.63, 3.8) is 0 Å². The van der Waals surface area contributed by atoms with Gasteiger partial charge in [-0.3, -0.25) is 0 Å². The summed E-state index contributed by atoms with van der Waals surface area (Å²) in [7, 11) is 0. The molecule has 0 amide bonds. The van der Waals surface area contributed by atoms with Crippen LogP contribution in [0.2, 0.25) is 0 Å². The molecule has 1 aliphatic carbocycles. The van der Waals surface area contributed by atoms with Crippen LogP contribution in [0.4, 0.5) is 17.1 Å². The standard InChI is InChI=1S/C52H38N2/c1-51(2)43-23-11-9-21-39(43)40-31-30-38(34-46(40)51)54-49-27-15-12-24-44(49)52(35-17-5-3-6-18-35,45-25-13-16-28-50(45)54)36-29-32-48-42(33-36)41-22-10-14-26-47(41)53(48)37-19-7-4-8-20-37/h3-34H,1-2H3. The van der Waals surface area contributed by atoms with Crippen LogP contribution in [-0.4, -0.2) is 4.57 Å². The molecule has 0 bridgehead atoms. The first kappa shape index (κ1) is 30.9. The molecule has 54 heavy (non-hydrogen) atoms. The van der Waals surface area contributed by atoms with E-state index in [-0.39, 0.29) is 5.41 Å². The Morgan fingerprint density at radius 2 is 0.944 bits per heavy atom. The number of hydrogen-bond donors (Lipinski definition) is 0. The van der Waals surface area contributed by atoms with Gasteiger partial charge in [-0.25, -0.2) is 0 Å². The van der Waals surface area contributed by atoms with Gasteiger partial charge < -0.3 is 9.47 Å². The zero-order valence-corrected chi connectivity index (χ0v) is 30.4. The van der Waals surface area contributed by atoms with Crippen molar-refractivity contribution in [2.45, 2.75) is 24.7 Å². The van der Waals surface area contributed by atoms with Gasteiger partial charge in [-0.1, -0.05) is 153 Å². The van der Waals surface area contributed by atoms with Crippen molar-refractivity contribution < 1.29 is 0 Å². The predicted molar refractivity (Wildman–Crippen MR) is 225 cm³/mol. The highest BCUT2D eigenvalue weighted by molar-refractivity contribution is 6.10. The molecule has 2 nitrogen and oxygen atoms in total. The van der Waals surface area contributed by atoms with Crippen molar-refractivity contribution in [2.75, 3.05) is 4.90 Å². The number of hydrogen-bond acceptors (Lipinski definition) is 1. The first-order chi connectivity index (χ1) is 26.6. The van der Waals surface area contributed by atoms with Gasteiger partial charge >= 0.3 is 0 Å². The fourth-order valence-electron chi connectivity index (χ4n) is 9.89. The molecule has 2 heterocycles. The van der Waals surface area contributed by atoms with E-state index in [0.29, 0.717) is 0 Å². The van der Waals surface area contributed by atoms with Crippen molar-refractivity contribution in [1.29, 1.82) is 0 Å². The fraction of sp³-hybridized carbons (Fsp3) is 0.0769. The second-order valence-corrected chi connectivity index (χ2v) is 15.3. The van der Waals surface area contributed by atoms with E-state index in [2.05, 4.69) is 217 Å². The minimum absolute atomic E-state index is 0.0983. The topological polar surface area (TPSA) is 8.17 Å². The van der Waals surface area contributed by atoms with Gasteiger partial charge in [0.15, 0.2) is 0 Å². The van der Waals surface area contributed by atoms with Crippen LogP contribution in [0.1, 0.15) is 47.2 Å². The summed E-state index contributed by atoms with van der Waals surface area (Å²) < 4.78 is 2.40. The molecule has 256 valence electrons. The molecule has 1 aromatic heterocycles. The third-order valence-electron chi connectivity index (χ3n) is 12.2. The maximum atomic E-state index is 2.50. The number of para-hydroxylation sites is 4. The number of nitrogens with zero attached hydrogens (tertiary/aromatic N) is 2. The Kier molecular flexibility index (Phi) is 6.55. The predicted octanol–water partition coefficient (Wildman–Crippen LogP) is 13.3. The van der Waals surface area contributed by atoms with Crippen LogP contribution in [0.15, 0.2) is 194 Å². The zero-order valence-electron chi connectivity index (χ0n) is 30.4. The highest BCUT2D eigenvalue weighted by atomic mass is 15.2. The number of fused-ring (bicyclic) bond motifs is 8. The van der Waals surface area contributed by atoms with E-state index < -0.39 is 5.41 Å². The Labute approximate surface area is 316 Å². The van der Waals surface area contributed by atoms with Gasteiger partial charge in [0.05, 0.1) is 27.8 Å². The molecule has 0 saturated carbocycles. The first-order valence-corrected chi connectivity index (χ1v) is 18.9. The average Bonchev–Trinajstić information content (AvgIpc) is 3.68. The van der Waals surface area contributed by atoms with Gasteiger partial charge in [0.1, 0.15) is 0 Å². The summed E-state index contributed by atoms with van der Waals surface area (Å²) in [6, 6.07) is 72.1. The summed E-state index contributed by atoms with van der Waals surface area (Å²) in [4.78, 5) is 2.50. The van der Waals surface area contributed by atoms with E-state index in [1.165, 1.54) is 89.1 Å². The van der Waals surface area contributed by atoms with E-state index >= 15 is 0 Å². The van der Waals surface area contributed by atoms with E-state index in [4.69, 9.17) is 0 Å². The van der Waals surface area contributed by atoms with Gasteiger partial charge in [-0.05, 0) is 99.1 Å². The molecule has 0 N–H and O–H groups in total. The molecule has 0 radical (unpaired) electrons. The zero-order chi connectivity index (χ0) is 36.0. The second kappa shape index (κ2) is 11.4. The first-order valence-electron chi connectivity index (χ1n) is 18.9. The third kappa shape index (κ3) is 4.11. The summed E-state index contributed by atoms with van der Waals surface area (Å²) >= 11 is 0. The monoisotopic (exact) mass is 690 g/mol. The molecule has 0 spiro atoms. The Hall–Kier alpha value is -6.64. The molecule has 0 saturated heterocycles. The Morgan fingerprint density at radius 3 is 1.69 bits per heavy atom. The number of rotatable bonds is 4. The highest BCUT2D eigenvalue weighted by Gasteiger charge is 2.47. The lowest BCUT2D eigenvalue weighted by molar-refractivity contribution is 0.660. The van der Waals surface area contributed by atoms with Gasteiger partial charge in [0.25, 0.3) is 0 Å². The summed E-state index contributed by atoms with van der Waals surface area (Å²) in [5.74, 6) is 0. The molecule has 0 unspecified atom stereocenters. The largest absolute Gasteiger partial charge is 0.310 e. The molecule has 11 rings (SSSR count). The van der Waals surface area contributed by atoms with E-state index in [1.54, 1.807) is 0 Å². The molecular formula is C52H38N2. The molecular weight excluding hydrogens is 653 g/mol. The molecule has 0 fully saturated rings. The minimum Gasteiger partial charge on any atom is -0.310 e. The maximum absolute atomic E-state index is 2.50. The third-order valence-corrected chi connectivity index (χ3v) is 12.2. The number of aromatic nitrogens is 1. The summed E-state index contributed by atoms with van der Waals surface area (Å²) in [5.41, 5.74) is 16.9. The molecule has 1 aliphatic heterocycles. The van der Waals surface area contributed by atoms with Gasteiger partial charge in [0.2, 0.25) is 0 Å². The number of anilines is 3. The molecule has 2 aliphatic rings. The number of benzene rings is 8. The van der Waals surface area contributed by atoms with Gasteiger partial charge in [-0.2, -0.15) is 0 Å². The maximum Gasteiger partial charge on any atom is 0.0742 e. The molecule has 0 atom stereocenters. The summed E-state index contributed by atoms with van der Waals surface area (Å²) in [5, 5.41) is 2.50. The second-order valence-electron chi connectivity index (χ2n) is 15.3. The van der Waals surface area contributed by atoms with Crippen LogP contribution in [0.3, 0.4) is 0 Å². The van der Waals surface area contributed by atoms with E-state index in [9.17, 15) is 0 Å². The lowest BCUT2D eigenvalue weighted by Crippen LogP contribution is -2.37. The highest BCUT2D eigenvalue weighted by Crippen LogP contribution is 2.59. The summed E-state index contributed by atoms with van der Waals surface area (Å²) in [6.45, 7) is 4.73. The van der Waals surface area contributed by atoms with Crippen molar-refractivity contribution in [2.24, 2.45) is 0 Å². The lowest BCUT2D eigenvalue weighted by Gasteiger charge is -2.46. The fourth-order valence-corrected chi connectivity index (χ4v) is 9.89. The summed E-state index contributed by atoms with van der Waals surface area (Å²) in [6.07, 6.45) is 0. The van der Waals surface area contributed by atoms with E-state index in [0.717, 1.165) is 0 Å². The van der Waals surface area contributed by atoms with Crippen LogP contribution >= 0.6 is 0 Å². The van der Waals surface area contributed by atoms with Crippen molar-refractivity contribution in [3.05, 3.63) is 228 Å². The average molecular weight is 691 g/mol. The van der Waals surface area contributed by atoms with Crippen molar-refractivity contribution in [3.8, 4) is 16.8 Å². The van der Waals surface area contributed by atoms with Crippen LogP contribution in [0, 0.1) is 0 Å². The molecule has 2 heteroatoms. The van der Waals surface area contributed by atoms with Crippen LogP contribution < -0.4 is 4.90 Å². The van der Waals surface area contributed by atoms with Gasteiger partial charge in [-0.15, -0.1) is 0 Å². The Bertz CT molecular complexity index is 2870.